The average Bonchev–Trinajstić information content (AvgIpc) is 3.33. The predicted octanol–water partition coefficient (Wildman–Crippen LogP) is 16.3. The summed E-state index contributed by atoms with van der Waals surface area (Å²) in [6.07, 6.45) is 14.9. The first kappa shape index (κ1) is 60.3. The summed E-state index contributed by atoms with van der Waals surface area (Å²) in [6.45, 7) is 11.8. The van der Waals surface area contributed by atoms with Crippen LogP contribution in [0.3, 0.4) is 0 Å². The van der Waals surface area contributed by atoms with Crippen molar-refractivity contribution in [3.8, 4) is 30.3 Å². The maximum atomic E-state index is 11.1. The van der Waals surface area contributed by atoms with E-state index in [4.69, 9.17) is 21.5 Å². The molecule has 392 valence electrons. The zero-order chi connectivity index (χ0) is 55.1. The van der Waals surface area contributed by atoms with E-state index in [1.54, 1.807) is 6.92 Å². The number of ketones is 1. The minimum absolute atomic E-state index is 0.0680. The van der Waals surface area contributed by atoms with Gasteiger partial charge in [0.15, 0.2) is 5.78 Å². The van der Waals surface area contributed by atoms with Gasteiger partial charge in [-0.05, 0) is 182 Å². The summed E-state index contributed by atoms with van der Waals surface area (Å²) < 4.78 is 16.0. The first-order valence-electron chi connectivity index (χ1n) is 25.9. The lowest BCUT2D eigenvalue weighted by Crippen LogP contribution is -2.36. The van der Waals surface area contributed by atoms with E-state index in [0.717, 1.165) is 107 Å². The van der Waals surface area contributed by atoms with Crippen LogP contribution in [0.2, 0.25) is 0 Å². The van der Waals surface area contributed by atoms with Crippen molar-refractivity contribution in [1.82, 2.24) is 4.72 Å². The van der Waals surface area contributed by atoms with Gasteiger partial charge in [0.25, 0.3) is 0 Å². The number of nitrogens with zero attached hydrogens (tertiary/aromatic N) is 5. The Hall–Kier alpha value is -5.59. The molecule has 9 nitrogen and oxygen atoms in total. The van der Waals surface area contributed by atoms with Gasteiger partial charge >= 0.3 is 0 Å². The molecule has 1 unspecified atom stereocenters. The number of nitrogens with two attached hydrogens (primary N) is 1. The largest absolute Gasteiger partial charge is 0.338 e. The van der Waals surface area contributed by atoms with Crippen LogP contribution in [-0.2, 0) is 28.1 Å². The van der Waals surface area contributed by atoms with E-state index in [9.17, 15) is 19.9 Å². The molecule has 4 aliphatic carbocycles. The van der Waals surface area contributed by atoms with Crippen molar-refractivity contribution in [2.45, 2.75) is 164 Å². The maximum absolute atomic E-state index is 11.1. The topological polar surface area (TPSA) is 194 Å². The minimum atomic E-state index is -1.88. The molecule has 3 atom stereocenters. The van der Waals surface area contributed by atoms with Crippen LogP contribution in [0.15, 0.2) is 130 Å². The molecule has 0 amide bonds. The van der Waals surface area contributed by atoms with Crippen LogP contribution in [0.5, 0.6) is 0 Å². The minimum Gasteiger partial charge on any atom is -0.338 e. The molecule has 5 aromatic carbocycles. The molecule has 0 radical (unpaired) electrons. The predicted molar refractivity (Wildman–Crippen MR) is 312 cm³/mol. The molecule has 0 heterocycles. The SMILES string of the molecule is CC(=O)c1ccc(C2(C#N)CCC2)cc1.C[C@H](N)c1ccc(C2(C#N)CCC2)cc1.C[C@H](NS(C)(O)C(C)(C)C)c1ccc(C2(C#N)CCC2)cc1.N#CC1(c2ccc(Br)cc2)CCC1.N#CCc1ccc(Br)cc1. The first-order chi connectivity index (χ1) is 35.6. The van der Waals surface area contributed by atoms with Crippen LogP contribution in [0.4, 0.5) is 0 Å². The van der Waals surface area contributed by atoms with E-state index < -0.39 is 10.5 Å². The second kappa shape index (κ2) is 26.5. The van der Waals surface area contributed by atoms with Gasteiger partial charge in [-0.2, -0.15) is 26.3 Å². The standard InChI is InChI=1S/C18H28N2OS.C13H16N2.C13H13NO.C11H10BrN.C8H6BrN/c1-14(20-22(5,21)17(2,3)4)15-7-9-16(10-8-15)18(13-19)11-6-12-18;2*1-10(15)11-3-5-12(6-4-11)13(9-14)7-2-8-13;12-10-4-2-9(3-5-10)11(8-13)6-1-7-11;9-8-3-1-7(2-4-8)5-6-10/h7-10,14,20-21H,6,11-12H2,1-5H3;3-6,10H,2,7-8,15H2,1H3;3-6H,2,7-8H2,1H3;2-5H,1,6-7H2;1-4H,5H2/t14-;10-;;;/m00.../s1. The number of carbonyl (C=O) groups excluding carboxylic acids is 1. The first-order valence-corrected chi connectivity index (χ1v) is 29.5. The van der Waals surface area contributed by atoms with Crippen LogP contribution >= 0.6 is 42.4 Å². The van der Waals surface area contributed by atoms with Crippen LogP contribution in [0.25, 0.3) is 0 Å². The lowest BCUT2D eigenvalue weighted by Gasteiger charge is -2.44. The molecule has 0 aromatic heterocycles. The molecule has 4 saturated carbocycles. The Balaban J connectivity index is 0.000000177. The molecule has 9 rings (SSSR count). The van der Waals surface area contributed by atoms with Gasteiger partial charge in [-0.3, -0.25) is 9.52 Å². The third-order valence-corrected chi connectivity index (χ3v) is 19.9. The molecule has 75 heavy (non-hydrogen) atoms. The fourth-order valence-corrected chi connectivity index (χ4v) is 11.0. The monoisotopic (exact) mass is 1150 g/mol. The van der Waals surface area contributed by atoms with Crippen LogP contribution in [-0.4, -0.2) is 21.3 Å². The maximum Gasteiger partial charge on any atom is 0.159 e. The average molecular weight is 1150 g/mol. The van der Waals surface area contributed by atoms with E-state index in [0.29, 0.717) is 12.0 Å². The van der Waals surface area contributed by atoms with Gasteiger partial charge in [0.05, 0.1) is 58.4 Å². The summed E-state index contributed by atoms with van der Waals surface area (Å²) >= 11 is 6.70. The van der Waals surface area contributed by atoms with Gasteiger partial charge < -0.3 is 10.3 Å². The van der Waals surface area contributed by atoms with Crippen molar-refractivity contribution in [3.63, 3.8) is 0 Å². The van der Waals surface area contributed by atoms with Crippen molar-refractivity contribution < 1.29 is 9.35 Å². The van der Waals surface area contributed by atoms with Gasteiger partial charge in [-0.15, -0.1) is 0 Å². The Morgan fingerprint density at radius 1 is 0.587 bits per heavy atom. The summed E-state index contributed by atoms with van der Waals surface area (Å²) in [5.41, 5.74) is 13.5. The Morgan fingerprint density at radius 3 is 1.16 bits per heavy atom. The highest BCUT2D eigenvalue weighted by Gasteiger charge is 2.41. The molecule has 0 aliphatic heterocycles. The summed E-state index contributed by atoms with van der Waals surface area (Å²) in [7, 11) is -1.88. The van der Waals surface area contributed by atoms with Gasteiger partial charge in [0.1, 0.15) is 0 Å². The molecule has 4 N–H and O–H groups in total. The second-order valence-electron chi connectivity index (χ2n) is 21.7. The van der Waals surface area contributed by atoms with Gasteiger partial charge in [0.2, 0.25) is 0 Å². The number of Topliss-reactive ketones (excluding diaryl/α,β-unsaturated/α-hetero) is 1. The quantitative estimate of drug-likeness (QED) is 0.114. The molecule has 0 spiro atoms. The number of nitrogens with one attached hydrogen (secondary N) is 1. The fourth-order valence-electron chi connectivity index (χ4n) is 9.25. The number of rotatable bonds is 10. The van der Waals surface area contributed by atoms with Crippen molar-refractivity contribution in [2.75, 3.05) is 6.26 Å². The van der Waals surface area contributed by atoms with E-state index in [1.807, 2.05) is 98.1 Å². The van der Waals surface area contributed by atoms with Crippen LogP contribution in [0.1, 0.15) is 180 Å². The fraction of sp³-hybridized carbons (Fsp3) is 0.429. The third kappa shape index (κ3) is 15.1. The van der Waals surface area contributed by atoms with Gasteiger partial charge in [-0.25, -0.2) is 0 Å². The van der Waals surface area contributed by atoms with Crippen molar-refractivity contribution >= 4 is 48.1 Å². The molecule has 4 fully saturated rings. The number of benzene rings is 5. The number of carbonyl (C=O) groups is 1. The van der Waals surface area contributed by atoms with Crippen molar-refractivity contribution in [2.24, 2.45) is 5.73 Å². The number of hydrogen-bond acceptors (Lipinski definition) is 9. The lowest BCUT2D eigenvalue weighted by atomic mass is 9.65. The molecule has 12 heteroatoms. The third-order valence-electron chi connectivity index (χ3n) is 15.7. The highest BCUT2D eigenvalue weighted by Crippen LogP contribution is 2.51. The number of halogens is 2. The number of hydrogen-bond donors (Lipinski definition) is 3. The zero-order valence-corrected chi connectivity index (χ0v) is 48.7. The normalized spacial score (nSPS) is 18.6. The molecular weight excluding hydrogens is 1080 g/mol. The second-order valence-corrected chi connectivity index (χ2v) is 26.7. The molecule has 5 aromatic rings. The van der Waals surface area contributed by atoms with Gasteiger partial charge in [0, 0.05) is 37.6 Å². The highest BCUT2D eigenvalue weighted by atomic mass is 79.9. The van der Waals surface area contributed by atoms with Crippen LogP contribution < -0.4 is 10.5 Å². The number of nitriles is 5. The molecule has 4 aliphatic rings. The Labute approximate surface area is 466 Å². The Kier molecular flexibility index (Phi) is 21.3. The van der Waals surface area contributed by atoms with E-state index in [-0.39, 0.29) is 44.3 Å². The summed E-state index contributed by atoms with van der Waals surface area (Å²) in [5, 5.41) is 45.2. The highest BCUT2D eigenvalue weighted by molar-refractivity contribution is 9.10. The molecule has 0 bridgehead atoms. The summed E-state index contributed by atoms with van der Waals surface area (Å²) in [6, 6.07) is 51.8. The van der Waals surface area contributed by atoms with Crippen molar-refractivity contribution in [3.05, 3.63) is 175 Å². The van der Waals surface area contributed by atoms with E-state index >= 15 is 0 Å². The molecular formula is C63H73Br2N7O2S. The smallest absolute Gasteiger partial charge is 0.159 e. The van der Waals surface area contributed by atoms with E-state index in [1.165, 1.54) is 18.4 Å². The molecule has 0 saturated heterocycles. The van der Waals surface area contributed by atoms with Crippen molar-refractivity contribution in [1.29, 1.82) is 26.3 Å². The van der Waals surface area contributed by atoms with E-state index in [2.05, 4.69) is 131 Å². The summed E-state index contributed by atoms with van der Waals surface area (Å²) in [4.78, 5) is 11.1. The lowest BCUT2D eigenvalue weighted by molar-refractivity contribution is 0.101. The summed E-state index contributed by atoms with van der Waals surface area (Å²) in [5.74, 6) is 0.0705. The van der Waals surface area contributed by atoms with Crippen LogP contribution in [0, 0.1) is 56.7 Å². The Bertz CT molecular complexity index is 2880. The Morgan fingerprint density at radius 2 is 0.893 bits per heavy atom. The van der Waals surface area contributed by atoms with Gasteiger partial charge in [-0.1, -0.05) is 139 Å². The zero-order valence-electron chi connectivity index (χ0n) is 44.7.